The predicted octanol–water partition coefficient (Wildman–Crippen LogP) is 2.19. The first kappa shape index (κ1) is 17.8. The van der Waals surface area contributed by atoms with Gasteiger partial charge in [0.1, 0.15) is 5.75 Å². The summed E-state index contributed by atoms with van der Waals surface area (Å²) in [5, 5.41) is 22.2. The maximum absolute atomic E-state index is 11.7. The Morgan fingerprint density at radius 2 is 2.04 bits per heavy atom. The van der Waals surface area contributed by atoms with Gasteiger partial charge in [0.25, 0.3) is 5.91 Å². The van der Waals surface area contributed by atoms with Crippen LogP contribution in [0.5, 0.6) is 17.2 Å². The molecule has 1 amide bonds. The van der Waals surface area contributed by atoms with Gasteiger partial charge in [-0.15, -0.1) is 0 Å². The number of carbonyl (C=O) groups is 1. The van der Waals surface area contributed by atoms with Gasteiger partial charge in [-0.1, -0.05) is 0 Å². The van der Waals surface area contributed by atoms with Gasteiger partial charge in [-0.05, 0) is 55.0 Å². The second-order valence-electron chi connectivity index (χ2n) is 4.88. The van der Waals surface area contributed by atoms with Crippen molar-refractivity contribution in [2.24, 2.45) is 5.10 Å². The lowest BCUT2D eigenvalue weighted by Crippen LogP contribution is -2.24. The number of rotatable bonds is 7. The molecule has 0 saturated heterocycles. The van der Waals surface area contributed by atoms with Crippen molar-refractivity contribution >= 4 is 12.1 Å². The Bertz CT molecular complexity index is 795. The van der Waals surface area contributed by atoms with E-state index in [4.69, 9.17) is 14.7 Å². The van der Waals surface area contributed by atoms with E-state index in [0.29, 0.717) is 29.2 Å². The number of hydrogen-bond acceptors (Lipinski definition) is 6. The molecular formula is C18H17N3O4. The smallest absolute Gasteiger partial charge is 0.277 e. The van der Waals surface area contributed by atoms with Crippen LogP contribution in [0.15, 0.2) is 47.6 Å². The number of aromatic hydroxyl groups is 1. The zero-order valence-corrected chi connectivity index (χ0v) is 13.6. The molecule has 0 saturated carbocycles. The number of phenols is 1. The van der Waals surface area contributed by atoms with Crippen molar-refractivity contribution in [3.63, 3.8) is 0 Å². The van der Waals surface area contributed by atoms with Crippen LogP contribution in [0.1, 0.15) is 18.1 Å². The minimum absolute atomic E-state index is 0.0406. The molecule has 0 aliphatic carbocycles. The lowest BCUT2D eigenvalue weighted by atomic mass is 10.2. The van der Waals surface area contributed by atoms with Crippen molar-refractivity contribution in [1.29, 1.82) is 5.26 Å². The number of hydrogen-bond donors (Lipinski definition) is 2. The number of carbonyl (C=O) groups excluding carboxylic acids is 1. The summed E-state index contributed by atoms with van der Waals surface area (Å²) in [6.07, 6.45) is 1.43. The Morgan fingerprint density at radius 3 is 2.72 bits per heavy atom. The number of nitrogens with zero attached hydrogens (tertiary/aromatic N) is 2. The van der Waals surface area contributed by atoms with E-state index < -0.39 is 5.91 Å². The Kier molecular flexibility index (Phi) is 6.37. The third-order valence-corrected chi connectivity index (χ3v) is 3.04. The highest BCUT2D eigenvalue weighted by Crippen LogP contribution is 2.26. The summed E-state index contributed by atoms with van der Waals surface area (Å²) in [7, 11) is 0. The lowest BCUT2D eigenvalue weighted by molar-refractivity contribution is -0.123. The zero-order valence-electron chi connectivity index (χ0n) is 13.6. The highest BCUT2D eigenvalue weighted by molar-refractivity contribution is 5.83. The van der Waals surface area contributed by atoms with Crippen LogP contribution in [0.4, 0.5) is 0 Å². The molecule has 2 aromatic rings. The highest BCUT2D eigenvalue weighted by Gasteiger charge is 2.03. The van der Waals surface area contributed by atoms with Gasteiger partial charge in [0.2, 0.25) is 0 Å². The van der Waals surface area contributed by atoms with E-state index >= 15 is 0 Å². The van der Waals surface area contributed by atoms with Gasteiger partial charge in [-0.3, -0.25) is 4.79 Å². The summed E-state index contributed by atoms with van der Waals surface area (Å²) < 4.78 is 10.6. The molecule has 0 aliphatic rings. The third-order valence-electron chi connectivity index (χ3n) is 3.04. The molecule has 0 unspecified atom stereocenters. The summed E-state index contributed by atoms with van der Waals surface area (Å²) in [4.78, 5) is 11.7. The number of phenolic OH excluding ortho intramolecular Hbond substituents is 1. The molecule has 0 radical (unpaired) electrons. The quantitative estimate of drug-likeness (QED) is 0.594. The fourth-order valence-corrected chi connectivity index (χ4v) is 1.87. The Balaban J connectivity index is 1.83. The first-order valence-electron chi connectivity index (χ1n) is 7.53. The molecule has 25 heavy (non-hydrogen) atoms. The molecule has 128 valence electrons. The van der Waals surface area contributed by atoms with Crippen LogP contribution in [-0.2, 0) is 4.79 Å². The van der Waals surface area contributed by atoms with Crippen LogP contribution < -0.4 is 14.9 Å². The number of nitriles is 1. The fourth-order valence-electron chi connectivity index (χ4n) is 1.87. The molecule has 0 fully saturated rings. The number of hydrazone groups is 1. The maximum Gasteiger partial charge on any atom is 0.277 e. The van der Waals surface area contributed by atoms with Crippen molar-refractivity contribution in [1.82, 2.24) is 5.43 Å². The van der Waals surface area contributed by atoms with E-state index in [0.717, 1.165) is 0 Å². The van der Waals surface area contributed by atoms with E-state index in [9.17, 15) is 9.90 Å². The molecule has 2 aromatic carbocycles. The summed E-state index contributed by atoms with van der Waals surface area (Å²) >= 11 is 0. The zero-order chi connectivity index (χ0) is 18.1. The van der Waals surface area contributed by atoms with Crippen LogP contribution >= 0.6 is 0 Å². The second kappa shape index (κ2) is 8.93. The predicted molar refractivity (Wildman–Crippen MR) is 91.7 cm³/mol. The Labute approximate surface area is 145 Å². The van der Waals surface area contributed by atoms with Crippen LogP contribution in [0.25, 0.3) is 0 Å². The normalized spacial score (nSPS) is 10.2. The molecule has 7 nitrogen and oxygen atoms in total. The summed E-state index contributed by atoms with van der Waals surface area (Å²) in [5.74, 6) is 0.447. The summed E-state index contributed by atoms with van der Waals surface area (Å²) in [6.45, 7) is 2.04. The molecule has 0 heterocycles. The Hall–Kier alpha value is -3.53. The number of ether oxygens (including phenoxy) is 2. The number of benzene rings is 2. The van der Waals surface area contributed by atoms with Crippen molar-refractivity contribution in [3.8, 4) is 23.3 Å². The monoisotopic (exact) mass is 339 g/mol. The minimum Gasteiger partial charge on any atom is -0.504 e. The molecule has 0 aliphatic heterocycles. The first-order chi connectivity index (χ1) is 12.1. The van der Waals surface area contributed by atoms with Crippen molar-refractivity contribution in [3.05, 3.63) is 53.6 Å². The summed E-state index contributed by atoms with van der Waals surface area (Å²) in [5.41, 5.74) is 3.52. The van der Waals surface area contributed by atoms with Gasteiger partial charge in [0.15, 0.2) is 18.1 Å². The molecule has 0 atom stereocenters. The molecule has 2 rings (SSSR count). The van der Waals surface area contributed by atoms with Crippen molar-refractivity contribution in [2.45, 2.75) is 6.92 Å². The van der Waals surface area contributed by atoms with E-state index in [2.05, 4.69) is 10.5 Å². The summed E-state index contributed by atoms with van der Waals surface area (Å²) in [6, 6.07) is 13.2. The first-order valence-corrected chi connectivity index (χ1v) is 7.53. The van der Waals surface area contributed by atoms with E-state index in [-0.39, 0.29) is 12.4 Å². The molecule has 0 aromatic heterocycles. The van der Waals surface area contributed by atoms with Crippen LogP contribution in [-0.4, -0.2) is 30.4 Å². The lowest BCUT2D eigenvalue weighted by Gasteiger charge is -2.06. The average Bonchev–Trinajstić information content (AvgIpc) is 2.63. The van der Waals surface area contributed by atoms with Gasteiger partial charge in [-0.2, -0.15) is 10.4 Å². The van der Waals surface area contributed by atoms with Crippen LogP contribution in [0, 0.1) is 11.3 Å². The van der Waals surface area contributed by atoms with E-state index in [1.165, 1.54) is 12.3 Å². The molecule has 7 heteroatoms. The average molecular weight is 339 g/mol. The van der Waals surface area contributed by atoms with Gasteiger partial charge < -0.3 is 14.6 Å². The topological polar surface area (TPSA) is 104 Å². The maximum atomic E-state index is 11.7. The largest absolute Gasteiger partial charge is 0.504 e. The van der Waals surface area contributed by atoms with Gasteiger partial charge in [0, 0.05) is 0 Å². The van der Waals surface area contributed by atoms with Gasteiger partial charge in [0.05, 0.1) is 24.5 Å². The van der Waals surface area contributed by atoms with Crippen LogP contribution in [0.2, 0.25) is 0 Å². The molecule has 2 N–H and O–H groups in total. The molecular weight excluding hydrogens is 322 g/mol. The second-order valence-corrected chi connectivity index (χ2v) is 4.88. The van der Waals surface area contributed by atoms with E-state index in [1.54, 1.807) is 36.4 Å². The van der Waals surface area contributed by atoms with Crippen molar-refractivity contribution < 1.29 is 19.4 Å². The van der Waals surface area contributed by atoms with Gasteiger partial charge >= 0.3 is 0 Å². The van der Waals surface area contributed by atoms with Gasteiger partial charge in [-0.25, -0.2) is 5.43 Å². The van der Waals surface area contributed by atoms with Crippen LogP contribution in [0.3, 0.4) is 0 Å². The fraction of sp³-hybridized carbons (Fsp3) is 0.167. The van der Waals surface area contributed by atoms with Crippen molar-refractivity contribution in [2.75, 3.05) is 13.2 Å². The standard InChI is InChI=1S/C18H17N3O4/c1-2-24-17-9-14(5-8-16(17)22)11-20-21-18(23)12-25-15-6-3-13(10-19)4-7-15/h3-9,11,22H,2,12H2,1H3,(H,21,23). The highest BCUT2D eigenvalue weighted by atomic mass is 16.5. The number of nitrogens with one attached hydrogen (secondary N) is 1. The number of amides is 1. The molecule has 0 bridgehead atoms. The SMILES string of the molecule is CCOc1cc(C=NNC(=O)COc2ccc(C#N)cc2)ccc1O. The minimum atomic E-state index is -0.426. The van der Waals surface area contributed by atoms with E-state index in [1.807, 2.05) is 13.0 Å². The Morgan fingerprint density at radius 1 is 1.28 bits per heavy atom. The third kappa shape index (κ3) is 5.55. The molecule has 0 spiro atoms.